The van der Waals surface area contributed by atoms with Crippen LogP contribution in [0.2, 0.25) is 0 Å². The first-order valence-corrected chi connectivity index (χ1v) is 14.7. The van der Waals surface area contributed by atoms with E-state index in [-0.39, 0.29) is 11.7 Å². The molecule has 0 unspecified atom stereocenters. The summed E-state index contributed by atoms with van der Waals surface area (Å²) in [4.78, 5) is 37.0. The number of carbonyl (C=O) groups is 2. The minimum absolute atomic E-state index is 0.116. The van der Waals surface area contributed by atoms with Gasteiger partial charge in [-0.2, -0.15) is 13.2 Å². The lowest BCUT2D eigenvalue weighted by Gasteiger charge is -2.34. The Kier molecular flexibility index (Phi) is 9.07. The van der Waals surface area contributed by atoms with Crippen LogP contribution in [-0.2, 0) is 6.54 Å². The third-order valence-electron chi connectivity index (χ3n) is 7.54. The van der Waals surface area contributed by atoms with E-state index in [1.807, 2.05) is 6.07 Å². The van der Waals surface area contributed by atoms with Crippen LogP contribution >= 0.6 is 0 Å². The Balaban J connectivity index is 1.00. The molecule has 3 aromatic carbocycles. The van der Waals surface area contributed by atoms with E-state index in [1.165, 1.54) is 42.6 Å². The second-order valence-electron chi connectivity index (χ2n) is 11.0. The van der Waals surface area contributed by atoms with Gasteiger partial charge in [0.25, 0.3) is 11.8 Å². The highest BCUT2D eigenvalue weighted by Gasteiger charge is 2.28. The lowest BCUT2D eigenvalue weighted by atomic mass is 10.2. The molecular weight excluding hydrogens is 618 g/mol. The molecule has 0 saturated carbocycles. The van der Waals surface area contributed by atoms with Crippen molar-refractivity contribution in [1.29, 1.82) is 0 Å². The van der Waals surface area contributed by atoms with Crippen LogP contribution in [0.5, 0.6) is 17.4 Å². The number of carbonyl (C=O) groups excluding carboxylic acids is 2. The summed E-state index contributed by atoms with van der Waals surface area (Å²) in [5.41, 5.74) is 2.88. The van der Waals surface area contributed by atoms with Crippen molar-refractivity contribution in [2.45, 2.75) is 12.7 Å². The predicted molar refractivity (Wildman–Crippen MR) is 166 cm³/mol. The number of halogens is 4. The minimum Gasteiger partial charge on any atom is -0.484 e. The van der Waals surface area contributed by atoms with E-state index in [0.29, 0.717) is 61.3 Å². The van der Waals surface area contributed by atoms with Crippen LogP contribution in [-0.4, -0.2) is 70.5 Å². The topological polar surface area (TPSA) is 99.8 Å². The molecule has 2 aromatic heterocycles. The van der Waals surface area contributed by atoms with E-state index in [9.17, 15) is 27.2 Å². The van der Waals surface area contributed by atoms with Gasteiger partial charge in [-0.3, -0.25) is 14.5 Å². The van der Waals surface area contributed by atoms with Crippen molar-refractivity contribution in [3.8, 4) is 17.4 Å². The molecule has 3 heterocycles. The first-order valence-electron chi connectivity index (χ1n) is 14.7. The molecule has 2 N–H and O–H groups in total. The number of benzene rings is 3. The lowest BCUT2D eigenvalue weighted by molar-refractivity contribution is -0.153. The number of anilines is 1. The Hall–Kier alpha value is -5.43. The normalized spacial score (nSPS) is 13.8. The molecule has 1 saturated heterocycles. The molecule has 13 heteroatoms. The van der Waals surface area contributed by atoms with E-state index in [4.69, 9.17) is 9.47 Å². The number of piperazine rings is 1. The van der Waals surface area contributed by atoms with Crippen molar-refractivity contribution >= 4 is 28.4 Å². The number of ether oxygens (including phenoxy) is 2. The number of hydrogen-bond donors (Lipinski definition) is 2. The number of nitrogens with one attached hydrogen (secondary N) is 2. The van der Waals surface area contributed by atoms with E-state index < -0.39 is 24.5 Å². The van der Waals surface area contributed by atoms with Crippen molar-refractivity contribution in [3.05, 3.63) is 114 Å². The number of pyridine rings is 1. The zero-order valence-corrected chi connectivity index (χ0v) is 24.9. The average Bonchev–Trinajstić information content (AvgIpc) is 3.49. The molecule has 2 amide bonds. The van der Waals surface area contributed by atoms with Gasteiger partial charge in [0.2, 0.25) is 5.88 Å². The van der Waals surface area contributed by atoms with Gasteiger partial charge < -0.3 is 24.7 Å². The van der Waals surface area contributed by atoms with Gasteiger partial charge >= 0.3 is 6.18 Å². The van der Waals surface area contributed by atoms with Crippen LogP contribution in [0.25, 0.3) is 10.9 Å². The Morgan fingerprint density at radius 2 is 1.60 bits per heavy atom. The van der Waals surface area contributed by atoms with Gasteiger partial charge in [0.05, 0.1) is 11.9 Å². The van der Waals surface area contributed by atoms with Crippen molar-refractivity contribution in [2.24, 2.45) is 0 Å². The molecule has 0 aliphatic carbocycles. The van der Waals surface area contributed by atoms with Crippen LogP contribution in [0.15, 0.2) is 91.1 Å². The highest BCUT2D eigenvalue weighted by molar-refractivity contribution is 6.04. The van der Waals surface area contributed by atoms with Gasteiger partial charge in [-0.15, -0.1) is 0 Å². The summed E-state index contributed by atoms with van der Waals surface area (Å²) >= 11 is 0. The smallest absolute Gasteiger partial charge is 0.422 e. The number of fused-ring (bicyclic) bond motifs is 1. The van der Waals surface area contributed by atoms with Crippen LogP contribution in [0, 0.1) is 5.82 Å². The van der Waals surface area contributed by atoms with E-state index in [1.54, 1.807) is 47.4 Å². The van der Waals surface area contributed by atoms with Gasteiger partial charge in [0, 0.05) is 61.3 Å². The number of aromatic nitrogens is 2. The minimum atomic E-state index is -4.38. The SMILES string of the molecule is O=C(Nc1ccc(Oc2ccc3cc(C(=O)N4CCN(Cc5ccc(OCC(F)(F)F)cc5)CC4)[nH]c3c2)nc1)c1ccc(F)cc1. The maximum absolute atomic E-state index is 13.3. The third-order valence-corrected chi connectivity index (χ3v) is 7.54. The number of nitrogens with zero attached hydrogens (tertiary/aromatic N) is 3. The number of amides is 2. The molecule has 6 rings (SSSR count). The van der Waals surface area contributed by atoms with E-state index >= 15 is 0 Å². The van der Waals surface area contributed by atoms with Gasteiger partial charge in [0.1, 0.15) is 23.0 Å². The largest absolute Gasteiger partial charge is 0.484 e. The zero-order valence-electron chi connectivity index (χ0n) is 24.9. The summed E-state index contributed by atoms with van der Waals surface area (Å²) in [6.07, 6.45) is -2.93. The summed E-state index contributed by atoms with van der Waals surface area (Å²) in [5, 5.41) is 3.54. The molecule has 0 bridgehead atoms. The molecule has 0 radical (unpaired) electrons. The molecule has 0 spiro atoms. The van der Waals surface area contributed by atoms with Crippen molar-refractivity contribution in [2.75, 3.05) is 38.1 Å². The molecule has 47 heavy (non-hydrogen) atoms. The van der Waals surface area contributed by atoms with E-state index in [2.05, 4.69) is 20.2 Å². The third kappa shape index (κ3) is 8.24. The summed E-state index contributed by atoms with van der Waals surface area (Å²) in [5.74, 6) is 0.0304. The molecular formula is C34H29F4N5O4. The highest BCUT2D eigenvalue weighted by Crippen LogP contribution is 2.27. The summed E-state index contributed by atoms with van der Waals surface area (Å²) in [6.45, 7) is 1.64. The Morgan fingerprint density at radius 3 is 2.28 bits per heavy atom. The standard InChI is InChI=1S/C34H29F4N5O4/c35-25-6-3-23(4-7-25)32(44)40-26-8-12-31(39-19-26)47-28-11-5-24-17-30(41-29(24)18-28)33(45)43-15-13-42(14-16-43)20-22-1-9-27(10-2-22)46-21-34(36,37)38/h1-12,17-19,41H,13-16,20-21H2,(H,40,44). The maximum Gasteiger partial charge on any atom is 0.422 e. The molecule has 1 aliphatic rings. The van der Waals surface area contributed by atoms with Gasteiger partial charge in [-0.25, -0.2) is 9.37 Å². The average molecular weight is 648 g/mol. The number of hydrogen-bond acceptors (Lipinski definition) is 6. The van der Waals surface area contributed by atoms with Gasteiger partial charge in [0.15, 0.2) is 6.61 Å². The molecule has 5 aromatic rings. The fraction of sp³-hybridized carbons (Fsp3) is 0.206. The van der Waals surface area contributed by atoms with Gasteiger partial charge in [-0.1, -0.05) is 12.1 Å². The number of aromatic amines is 1. The summed E-state index contributed by atoms with van der Waals surface area (Å²) in [7, 11) is 0. The van der Waals surface area contributed by atoms with Crippen LogP contribution in [0.4, 0.5) is 23.2 Å². The molecule has 1 aliphatic heterocycles. The quantitative estimate of drug-likeness (QED) is 0.174. The Labute approximate surface area is 266 Å². The molecule has 1 fully saturated rings. The first-order chi connectivity index (χ1) is 22.6. The predicted octanol–water partition coefficient (Wildman–Crippen LogP) is 6.65. The monoisotopic (exact) mass is 647 g/mol. The number of rotatable bonds is 9. The van der Waals surface area contributed by atoms with Gasteiger partial charge in [-0.05, 0) is 66.2 Å². The summed E-state index contributed by atoms with van der Waals surface area (Å²) in [6, 6.07) is 22.2. The second-order valence-corrected chi connectivity index (χ2v) is 11.0. The fourth-order valence-corrected chi connectivity index (χ4v) is 5.12. The van der Waals surface area contributed by atoms with Crippen molar-refractivity contribution < 1.29 is 36.6 Å². The van der Waals surface area contributed by atoms with Crippen molar-refractivity contribution in [3.63, 3.8) is 0 Å². The molecule has 9 nitrogen and oxygen atoms in total. The van der Waals surface area contributed by atoms with E-state index in [0.717, 1.165) is 16.5 Å². The van der Waals surface area contributed by atoms with Crippen LogP contribution in [0.3, 0.4) is 0 Å². The van der Waals surface area contributed by atoms with Crippen molar-refractivity contribution in [1.82, 2.24) is 19.8 Å². The van der Waals surface area contributed by atoms with Crippen LogP contribution in [0.1, 0.15) is 26.4 Å². The Bertz CT molecular complexity index is 1850. The highest BCUT2D eigenvalue weighted by atomic mass is 19.4. The fourth-order valence-electron chi connectivity index (χ4n) is 5.12. The second kappa shape index (κ2) is 13.5. The molecule has 0 atom stereocenters. The maximum atomic E-state index is 13.3. The zero-order chi connectivity index (χ0) is 33.0. The lowest BCUT2D eigenvalue weighted by Crippen LogP contribution is -2.48. The first kappa shape index (κ1) is 31.5. The van der Waals surface area contributed by atoms with Crippen LogP contribution < -0.4 is 14.8 Å². The number of H-pyrrole nitrogens is 1. The molecule has 242 valence electrons. The Morgan fingerprint density at radius 1 is 0.872 bits per heavy atom. The number of alkyl halides is 3. The summed E-state index contributed by atoms with van der Waals surface area (Å²) < 4.78 is 60.9.